The predicted octanol–water partition coefficient (Wildman–Crippen LogP) is -0.303. The lowest BCUT2D eigenvalue weighted by molar-refractivity contribution is -0.139. The first kappa shape index (κ1) is 13.2. The zero-order chi connectivity index (χ0) is 11.7. The molecule has 0 aliphatic carbocycles. The van der Waals surface area contributed by atoms with Gasteiger partial charge in [0.2, 0.25) is 5.91 Å². The molecule has 0 aromatic carbocycles. The Balaban J connectivity index is 3.56. The van der Waals surface area contributed by atoms with E-state index in [1.807, 2.05) is 0 Å². The Labute approximate surface area is 86.9 Å². The normalized spacial score (nSPS) is 9.93. The molecule has 0 fully saturated rings. The Kier molecular flexibility index (Phi) is 6.61. The molecular weight excluding hydrogens is 202 g/mol. The van der Waals surface area contributed by atoms with Crippen LogP contribution in [-0.2, 0) is 19.1 Å². The van der Waals surface area contributed by atoms with E-state index < -0.39 is 11.9 Å². The quantitative estimate of drug-likeness (QED) is 0.360. The van der Waals surface area contributed by atoms with Crippen molar-refractivity contribution in [3.8, 4) is 0 Å². The lowest BCUT2D eigenvalue weighted by atomic mass is 10.4. The Morgan fingerprint density at radius 1 is 1.33 bits per heavy atom. The molecule has 0 saturated heterocycles. The van der Waals surface area contributed by atoms with Crippen LogP contribution in [0.5, 0.6) is 0 Å². The number of carboxylic acids is 1. The summed E-state index contributed by atoms with van der Waals surface area (Å²) in [6, 6.07) is 0. The van der Waals surface area contributed by atoms with Crippen molar-refractivity contribution in [1.29, 1.82) is 0 Å². The van der Waals surface area contributed by atoms with Gasteiger partial charge in [0.05, 0.1) is 6.54 Å². The molecule has 0 saturated carbocycles. The monoisotopic (exact) mass is 215 g/mol. The molecule has 0 heterocycles. The SMILES string of the molecule is CCC(=O)NCCOC(=O)C=CC(=O)O. The maximum absolute atomic E-state index is 10.8. The summed E-state index contributed by atoms with van der Waals surface area (Å²) in [5.74, 6) is -2.10. The first-order valence-electron chi connectivity index (χ1n) is 4.40. The molecule has 0 bridgehead atoms. The number of esters is 1. The third-order valence-electron chi connectivity index (χ3n) is 1.35. The fourth-order valence-electron chi connectivity index (χ4n) is 0.655. The van der Waals surface area contributed by atoms with Crippen molar-refractivity contribution in [2.45, 2.75) is 13.3 Å². The van der Waals surface area contributed by atoms with E-state index in [0.717, 1.165) is 6.08 Å². The summed E-state index contributed by atoms with van der Waals surface area (Å²) in [6.45, 7) is 1.95. The van der Waals surface area contributed by atoms with Gasteiger partial charge in [-0.25, -0.2) is 9.59 Å². The molecule has 0 spiro atoms. The van der Waals surface area contributed by atoms with Gasteiger partial charge in [-0.15, -0.1) is 0 Å². The minimum atomic E-state index is -1.22. The van der Waals surface area contributed by atoms with Gasteiger partial charge in [0.15, 0.2) is 0 Å². The molecule has 0 radical (unpaired) electrons. The first-order chi connectivity index (χ1) is 7.06. The average Bonchev–Trinajstić information content (AvgIpc) is 2.21. The molecule has 0 aromatic rings. The maximum Gasteiger partial charge on any atom is 0.331 e. The Bertz CT molecular complexity index is 272. The van der Waals surface area contributed by atoms with E-state index in [-0.39, 0.29) is 19.1 Å². The van der Waals surface area contributed by atoms with Crippen molar-refractivity contribution >= 4 is 17.8 Å². The number of amides is 1. The topological polar surface area (TPSA) is 92.7 Å². The number of carbonyl (C=O) groups excluding carboxylic acids is 2. The molecule has 0 unspecified atom stereocenters. The lowest BCUT2D eigenvalue weighted by Gasteiger charge is -2.03. The van der Waals surface area contributed by atoms with Crippen LogP contribution in [0.2, 0.25) is 0 Å². The fraction of sp³-hybridized carbons (Fsp3) is 0.444. The van der Waals surface area contributed by atoms with E-state index in [0.29, 0.717) is 12.5 Å². The number of hydrogen-bond acceptors (Lipinski definition) is 4. The molecule has 0 atom stereocenters. The number of carbonyl (C=O) groups is 3. The number of nitrogens with one attached hydrogen (secondary N) is 1. The highest BCUT2D eigenvalue weighted by Crippen LogP contribution is 1.82. The van der Waals surface area contributed by atoms with Crippen LogP contribution in [0.15, 0.2) is 12.2 Å². The first-order valence-corrected chi connectivity index (χ1v) is 4.40. The number of ether oxygens (including phenoxy) is 1. The van der Waals surface area contributed by atoms with Crippen molar-refractivity contribution in [3.05, 3.63) is 12.2 Å². The van der Waals surface area contributed by atoms with Gasteiger partial charge in [-0.3, -0.25) is 4.79 Å². The Morgan fingerprint density at radius 3 is 2.53 bits per heavy atom. The van der Waals surface area contributed by atoms with Crippen molar-refractivity contribution in [2.75, 3.05) is 13.2 Å². The van der Waals surface area contributed by atoms with Crippen LogP contribution in [0, 0.1) is 0 Å². The summed E-state index contributed by atoms with van der Waals surface area (Å²) in [5, 5.41) is 10.7. The zero-order valence-corrected chi connectivity index (χ0v) is 8.36. The summed E-state index contributed by atoms with van der Waals surface area (Å²) in [6.07, 6.45) is 1.86. The molecule has 6 heteroatoms. The van der Waals surface area contributed by atoms with Gasteiger partial charge in [0.1, 0.15) is 6.61 Å². The summed E-state index contributed by atoms with van der Waals surface area (Å²) in [7, 11) is 0. The minimum Gasteiger partial charge on any atom is -0.478 e. The van der Waals surface area contributed by atoms with Crippen LogP contribution >= 0.6 is 0 Å². The molecule has 0 rings (SSSR count). The van der Waals surface area contributed by atoms with Gasteiger partial charge < -0.3 is 15.2 Å². The van der Waals surface area contributed by atoms with Crippen molar-refractivity contribution in [3.63, 3.8) is 0 Å². The van der Waals surface area contributed by atoms with E-state index in [2.05, 4.69) is 10.1 Å². The molecular formula is C9H13NO5. The maximum atomic E-state index is 10.8. The predicted molar refractivity (Wildman–Crippen MR) is 51.0 cm³/mol. The molecule has 15 heavy (non-hydrogen) atoms. The van der Waals surface area contributed by atoms with Gasteiger partial charge in [-0.1, -0.05) is 6.92 Å². The highest BCUT2D eigenvalue weighted by atomic mass is 16.5. The van der Waals surface area contributed by atoms with E-state index in [9.17, 15) is 14.4 Å². The van der Waals surface area contributed by atoms with Crippen LogP contribution < -0.4 is 5.32 Å². The highest BCUT2D eigenvalue weighted by Gasteiger charge is 1.99. The van der Waals surface area contributed by atoms with E-state index in [4.69, 9.17) is 5.11 Å². The van der Waals surface area contributed by atoms with Gasteiger partial charge in [-0.2, -0.15) is 0 Å². The largest absolute Gasteiger partial charge is 0.478 e. The van der Waals surface area contributed by atoms with Gasteiger partial charge in [-0.05, 0) is 0 Å². The minimum absolute atomic E-state index is 0.0224. The highest BCUT2D eigenvalue weighted by molar-refractivity contribution is 5.90. The third kappa shape index (κ3) is 8.48. The van der Waals surface area contributed by atoms with Crippen molar-refractivity contribution in [1.82, 2.24) is 5.32 Å². The van der Waals surface area contributed by atoms with Gasteiger partial charge >= 0.3 is 11.9 Å². The lowest BCUT2D eigenvalue weighted by Crippen LogP contribution is -2.26. The van der Waals surface area contributed by atoms with Gasteiger partial charge in [0.25, 0.3) is 0 Å². The number of rotatable bonds is 6. The second kappa shape index (κ2) is 7.54. The molecule has 1 amide bonds. The molecule has 0 aromatic heterocycles. The van der Waals surface area contributed by atoms with Gasteiger partial charge in [0, 0.05) is 18.6 Å². The Hall–Kier alpha value is -1.85. The van der Waals surface area contributed by atoms with E-state index in [1.165, 1.54) is 0 Å². The van der Waals surface area contributed by atoms with E-state index >= 15 is 0 Å². The van der Waals surface area contributed by atoms with Crippen LogP contribution in [0.1, 0.15) is 13.3 Å². The molecule has 84 valence electrons. The number of aliphatic carboxylic acids is 1. The van der Waals surface area contributed by atoms with E-state index in [1.54, 1.807) is 6.92 Å². The summed E-state index contributed by atoms with van der Waals surface area (Å²) in [5.41, 5.74) is 0. The van der Waals surface area contributed by atoms with Crippen LogP contribution in [0.25, 0.3) is 0 Å². The van der Waals surface area contributed by atoms with Crippen LogP contribution in [0.3, 0.4) is 0 Å². The number of hydrogen-bond donors (Lipinski definition) is 2. The zero-order valence-electron chi connectivity index (χ0n) is 8.36. The second-order valence-electron chi connectivity index (χ2n) is 2.54. The third-order valence-corrected chi connectivity index (χ3v) is 1.35. The molecule has 2 N–H and O–H groups in total. The summed E-state index contributed by atoms with van der Waals surface area (Å²) in [4.78, 5) is 31.5. The second-order valence-corrected chi connectivity index (χ2v) is 2.54. The van der Waals surface area contributed by atoms with Crippen LogP contribution in [-0.4, -0.2) is 36.1 Å². The van der Waals surface area contributed by atoms with Crippen molar-refractivity contribution < 1.29 is 24.2 Å². The average molecular weight is 215 g/mol. The van der Waals surface area contributed by atoms with Crippen molar-refractivity contribution in [2.24, 2.45) is 0 Å². The molecule has 6 nitrogen and oxygen atoms in total. The summed E-state index contributed by atoms with van der Waals surface area (Å²) < 4.78 is 4.58. The number of carboxylic acid groups (broad SMARTS) is 1. The van der Waals surface area contributed by atoms with Crippen LogP contribution in [0.4, 0.5) is 0 Å². The standard InChI is InChI=1S/C9H13NO5/c1-2-7(11)10-5-6-15-9(14)4-3-8(12)13/h3-4H,2,5-6H2,1H3,(H,10,11)(H,12,13). The smallest absolute Gasteiger partial charge is 0.331 e. The Morgan fingerprint density at radius 2 is 2.00 bits per heavy atom. The fourth-order valence-corrected chi connectivity index (χ4v) is 0.655. The molecule has 0 aliphatic rings. The summed E-state index contributed by atoms with van der Waals surface area (Å²) >= 11 is 0. The molecule has 0 aliphatic heterocycles.